The smallest absolute Gasteiger partial charge is 0.264 e. The van der Waals surface area contributed by atoms with Gasteiger partial charge >= 0.3 is 0 Å². The maximum absolute atomic E-state index is 13.2. The molecule has 10 heteroatoms. The van der Waals surface area contributed by atoms with Crippen LogP contribution < -0.4 is 14.8 Å². The van der Waals surface area contributed by atoms with Crippen molar-refractivity contribution in [3.8, 4) is 0 Å². The van der Waals surface area contributed by atoms with Crippen molar-refractivity contribution in [1.29, 1.82) is 0 Å². The molecule has 4 rings (SSSR count). The van der Waals surface area contributed by atoms with Crippen LogP contribution in [0.5, 0.6) is 0 Å². The fraction of sp³-hybridized carbons (Fsp3) is 0.381. The maximum Gasteiger partial charge on any atom is 0.264 e. The number of amides is 1. The van der Waals surface area contributed by atoms with E-state index in [1.165, 1.54) is 43.5 Å². The minimum absolute atomic E-state index is 0.0134. The van der Waals surface area contributed by atoms with Crippen molar-refractivity contribution >= 4 is 45.4 Å². The highest BCUT2D eigenvalue weighted by Crippen LogP contribution is 2.34. The maximum atomic E-state index is 13.2. The minimum Gasteiger partial charge on any atom is -0.349 e. The molecule has 0 unspecified atom stereocenters. The number of hydrogen-bond acceptors (Lipinski definition) is 6. The van der Waals surface area contributed by atoms with Gasteiger partial charge in [0.1, 0.15) is 4.91 Å². The fourth-order valence-corrected chi connectivity index (χ4v) is 6.25. The number of allylic oxidation sites excluding steroid dienone is 2. The third-order valence-electron chi connectivity index (χ3n) is 5.78. The molecule has 0 spiro atoms. The second-order valence-corrected chi connectivity index (χ2v) is 10.8. The summed E-state index contributed by atoms with van der Waals surface area (Å²) in [7, 11) is -3.95. The van der Waals surface area contributed by atoms with Crippen molar-refractivity contribution in [3.63, 3.8) is 0 Å². The van der Waals surface area contributed by atoms with Crippen LogP contribution in [0.25, 0.3) is 0 Å². The molecular weight excluding hydrogens is 456 g/mol. The third-order valence-corrected chi connectivity index (χ3v) is 8.17. The molecule has 0 aromatic heterocycles. The Morgan fingerprint density at radius 2 is 2.06 bits per heavy atom. The van der Waals surface area contributed by atoms with Gasteiger partial charge in [-0.2, -0.15) is 0 Å². The molecule has 7 nitrogen and oxygen atoms in total. The molecule has 1 atom stereocenters. The number of sulfonamides is 1. The molecule has 1 amide bonds. The molecule has 1 saturated carbocycles. The number of anilines is 1. The first kappa shape index (κ1) is 22.1. The average molecular weight is 481 g/mol. The Labute approximate surface area is 192 Å². The molecule has 2 aliphatic heterocycles. The van der Waals surface area contributed by atoms with E-state index in [4.69, 9.17) is 11.6 Å². The van der Waals surface area contributed by atoms with E-state index in [-0.39, 0.29) is 28.1 Å². The normalized spacial score (nSPS) is 19.7. The molecule has 3 aliphatic rings. The lowest BCUT2D eigenvalue weighted by atomic mass is 9.84. The first-order valence-corrected chi connectivity index (χ1v) is 12.9. The van der Waals surface area contributed by atoms with Crippen molar-refractivity contribution < 1.29 is 13.2 Å². The quantitative estimate of drug-likeness (QED) is 0.519. The standard InChI is InChI=1S/C21H25ClN4O3S2/c1-14(15-6-3-2-4-7-15)24-21(27)17-10-9-16(22)12-18(17)25-31(28,29)20-8-5-11-26-19(20)13-23-30-26/h5,8-15,23,25H,2-4,6-7H2,1H3,(H,24,27)/t14-/m1/s1. The summed E-state index contributed by atoms with van der Waals surface area (Å²) in [5.74, 6) is 0.124. The molecule has 0 saturated heterocycles. The monoisotopic (exact) mass is 480 g/mol. The van der Waals surface area contributed by atoms with E-state index < -0.39 is 10.0 Å². The summed E-state index contributed by atoms with van der Waals surface area (Å²) in [6.07, 6.45) is 12.4. The predicted octanol–water partition coefficient (Wildman–Crippen LogP) is 4.50. The summed E-state index contributed by atoms with van der Waals surface area (Å²) in [6, 6.07) is 4.62. The zero-order valence-corrected chi connectivity index (χ0v) is 19.5. The van der Waals surface area contributed by atoms with E-state index in [2.05, 4.69) is 14.8 Å². The summed E-state index contributed by atoms with van der Waals surface area (Å²) >= 11 is 7.40. The summed E-state index contributed by atoms with van der Waals surface area (Å²) in [5.41, 5.74) is 0.911. The SMILES string of the molecule is C[C@@H](NC(=O)c1ccc(Cl)cc1NS(=O)(=O)C1=CC=CN2SNC=C12)C1CCCCC1. The molecule has 2 heterocycles. The van der Waals surface area contributed by atoms with Crippen molar-refractivity contribution in [3.05, 3.63) is 63.9 Å². The Kier molecular flexibility index (Phi) is 6.55. The second kappa shape index (κ2) is 9.18. The van der Waals surface area contributed by atoms with Crippen LogP contribution in [0.15, 0.2) is 53.4 Å². The summed E-state index contributed by atoms with van der Waals surface area (Å²) < 4.78 is 33.5. The Morgan fingerprint density at radius 1 is 1.29 bits per heavy atom. The summed E-state index contributed by atoms with van der Waals surface area (Å²) in [5, 5.41) is 3.39. The first-order chi connectivity index (χ1) is 14.8. The molecule has 1 aromatic rings. The Hall–Kier alpha value is -2.10. The van der Waals surface area contributed by atoms with Crippen LogP contribution in [0, 0.1) is 5.92 Å². The number of nitrogens with zero attached hydrogens (tertiary/aromatic N) is 1. The number of benzene rings is 1. The van der Waals surface area contributed by atoms with Gasteiger partial charge in [0.2, 0.25) is 0 Å². The molecule has 3 N–H and O–H groups in total. The van der Waals surface area contributed by atoms with E-state index in [1.54, 1.807) is 34.9 Å². The van der Waals surface area contributed by atoms with Gasteiger partial charge in [0.15, 0.2) is 0 Å². The fourth-order valence-electron chi connectivity index (χ4n) is 4.10. The van der Waals surface area contributed by atoms with Crippen molar-refractivity contribution in [2.75, 3.05) is 4.72 Å². The van der Waals surface area contributed by atoms with E-state index in [1.807, 2.05) is 6.92 Å². The largest absolute Gasteiger partial charge is 0.349 e. The van der Waals surface area contributed by atoms with Gasteiger partial charge in [-0.25, -0.2) is 8.42 Å². The number of nitrogens with one attached hydrogen (secondary N) is 3. The topological polar surface area (TPSA) is 90.5 Å². The molecule has 1 fully saturated rings. The number of halogens is 1. The summed E-state index contributed by atoms with van der Waals surface area (Å²) in [6.45, 7) is 2.01. The van der Waals surface area contributed by atoms with Gasteiger partial charge in [0.05, 0.1) is 29.1 Å². The molecule has 0 radical (unpaired) electrons. The molecule has 31 heavy (non-hydrogen) atoms. The number of hydrogen-bond donors (Lipinski definition) is 3. The average Bonchev–Trinajstić information content (AvgIpc) is 3.23. The van der Waals surface area contributed by atoms with Crippen LogP contribution in [0.4, 0.5) is 5.69 Å². The van der Waals surface area contributed by atoms with Crippen LogP contribution in [-0.4, -0.2) is 24.7 Å². The van der Waals surface area contributed by atoms with Gasteiger partial charge in [0.25, 0.3) is 15.9 Å². The van der Waals surface area contributed by atoms with Gasteiger partial charge in [0, 0.05) is 23.5 Å². The van der Waals surface area contributed by atoms with Crippen LogP contribution >= 0.6 is 23.7 Å². The zero-order valence-electron chi connectivity index (χ0n) is 17.1. The van der Waals surface area contributed by atoms with Gasteiger partial charge in [-0.15, -0.1) is 0 Å². The molecule has 166 valence electrons. The molecule has 1 aromatic carbocycles. The summed E-state index contributed by atoms with van der Waals surface area (Å²) in [4.78, 5) is 13.1. The second-order valence-electron chi connectivity index (χ2n) is 7.89. The van der Waals surface area contributed by atoms with Crippen LogP contribution in [-0.2, 0) is 10.0 Å². The van der Waals surface area contributed by atoms with Gasteiger partial charge in [-0.1, -0.05) is 30.9 Å². The molecule has 1 aliphatic carbocycles. The zero-order chi connectivity index (χ0) is 22.0. The minimum atomic E-state index is -3.95. The van der Waals surface area contributed by atoms with Gasteiger partial charge in [-0.3, -0.25) is 13.8 Å². The Balaban J connectivity index is 1.56. The lowest BCUT2D eigenvalue weighted by Crippen LogP contribution is -2.39. The van der Waals surface area contributed by atoms with Gasteiger partial charge < -0.3 is 10.0 Å². The van der Waals surface area contributed by atoms with Gasteiger partial charge in [-0.05, 0) is 56.0 Å². The molecular formula is C21H25ClN4O3S2. The highest BCUT2D eigenvalue weighted by Gasteiger charge is 2.31. The predicted molar refractivity (Wildman–Crippen MR) is 125 cm³/mol. The van der Waals surface area contributed by atoms with E-state index >= 15 is 0 Å². The Morgan fingerprint density at radius 3 is 2.84 bits per heavy atom. The number of carbonyl (C=O) groups is 1. The third kappa shape index (κ3) is 4.88. The highest BCUT2D eigenvalue weighted by molar-refractivity contribution is 7.97. The number of fused-ring (bicyclic) bond motifs is 1. The van der Waals surface area contributed by atoms with Crippen molar-refractivity contribution in [1.82, 2.24) is 14.3 Å². The van der Waals surface area contributed by atoms with Crippen LogP contribution in [0.1, 0.15) is 49.4 Å². The van der Waals surface area contributed by atoms with E-state index in [0.717, 1.165) is 12.8 Å². The lowest BCUT2D eigenvalue weighted by molar-refractivity contribution is 0.0920. The lowest BCUT2D eigenvalue weighted by Gasteiger charge is -2.28. The van der Waals surface area contributed by atoms with Crippen molar-refractivity contribution in [2.45, 2.75) is 45.1 Å². The van der Waals surface area contributed by atoms with E-state index in [0.29, 0.717) is 16.6 Å². The van der Waals surface area contributed by atoms with Crippen LogP contribution in [0.3, 0.4) is 0 Å². The first-order valence-electron chi connectivity index (χ1n) is 10.3. The number of rotatable bonds is 6. The van der Waals surface area contributed by atoms with Crippen molar-refractivity contribution in [2.24, 2.45) is 5.92 Å². The molecule has 0 bridgehead atoms. The Bertz CT molecular complexity index is 1060. The van der Waals surface area contributed by atoms with E-state index in [9.17, 15) is 13.2 Å². The highest BCUT2D eigenvalue weighted by atomic mass is 35.5. The van der Waals surface area contributed by atoms with Crippen LogP contribution in [0.2, 0.25) is 5.02 Å². The number of carbonyl (C=O) groups excluding carboxylic acids is 1.